The first-order valence-electron chi connectivity index (χ1n) is 8.36. The van der Waals surface area contributed by atoms with Gasteiger partial charge in [0.1, 0.15) is 0 Å². The van der Waals surface area contributed by atoms with Crippen LogP contribution in [-0.4, -0.2) is 23.9 Å². The van der Waals surface area contributed by atoms with E-state index in [0.717, 1.165) is 32.6 Å². The first kappa shape index (κ1) is 15.8. The lowest BCUT2D eigenvalue weighted by Crippen LogP contribution is -2.40. The molecule has 23 heavy (non-hydrogen) atoms. The van der Waals surface area contributed by atoms with Gasteiger partial charge in [0.25, 0.3) is 0 Å². The first-order chi connectivity index (χ1) is 11.3. The zero-order valence-corrected chi connectivity index (χ0v) is 13.4. The van der Waals surface area contributed by atoms with Gasteiger partial charge in [0.2, 0.25) is 5.91 Å². The Morgan fingerprint density at radius 3 is 1.96 bits per heavy atom. The Hall–Kier alpha value is -2.13. The molecule has 0 unspecified atom stereocenters. The minimum Gasteiger partial charge on any atom is -0.356 e. The minimum absolute atomic E-state index is 0.193. The molecule has 120 valence electrons. The zero-order valence-electron chi connectivity index (χ0n) is 13.4. The summed E-state index contributed by atoms with van der Waals surface area (Å²) in [5.74, 6) is 0.735. The molecule has 0 aromatic heterocycles. The summed E-state index contributed by atoms with van der Waals surface area (Å²) in [4.78, 5) is 13.8. The van der Waals surface area contributed by atoms with Crippen LogP contribution in [0.4, 0.5) is 0 Å². The third-order valence-electron chi connectivity index (χ3n) is 4.38. The number of hydrogen-bond donors (Lipinski definition) is 1. The fourth-order valence-corrected chi connectivity index (χ4v) is 3.17. The molecule has 1 N–H and O–H groups in total. The van der Waals surface area contributed by atoms with E-state index in [-0.39, 0.29) is 5.91 Å². The lowest BCUT2D eigenvalue weighted by molar-refractivity contribution is -0.123. The van der Waals surface area contributed by atoms with Crippen LogP contribution in [0.1, 0.15) is 24.0 Å². The fraction of sp³-hybridized carbons (Fsp3) is 0.350. The SMILES string of the molecule is O=C1CC[C@H](CN(Cc2ccccc2)Cc2ccccc2)CN1. The van der Waals surface area contributed by atoms with E-state index in [2.05, 4.69) is 70.9 Å². The Labute approximate surface area is 138 Å². The van der Waals surface area contributed by atoms with Gasteiger partial charge in [-0.15, -0.1) is 0 Å². The number of carbonyl (C=O) groups excluding carboxylic acids is 1. The molecular weight excluding hydrogens is 284 g/mol. The van der Waals surface area contributed by atoms with Gasteiger partial charge >= 0.3 is 0 Å². The van der Waals surface area contributed by atoms with Crippen molar-refractivity contribution in [3.05, 3.63) is 71.8 Å². The lowest BCUT2D eigenvalue weighted by Gasteiger charge is -2.30. The molecule has 3 heteroatoms. The molecule has 0 saturated carbocycles. The highest BCUT2D eigenvalue weighted by molar-refractivity contribution is 5.76. The Balaban J connectivity index is 1.66. The van der Waals surface area contributed by atoms with E-state index in [4.69, 9.17) is 0 Å². The van der Waals surface area contributed by atoms with Gasteiger partial charge in [-0.2, -0.15) is 0 Å². The highest BCUT2D eigenvalue weighted by atomic mass is 16.1. The molecule has 1 atom stereocenters. The number of amides is 1. The molecule has 1 amide bonds. The van der Waals surface area contributed by atoms with Crippen LogP contribution in [0.25, 0.3) is 0 Å². The van der Waals surface area contributed by atoms with Crippen molar-refractivity contribution < 1.29 is 4.79 Å². The fourth-order valence-electron chi connectivity index (χ4n) is 3.17. The first-order valence-corrected chi connectivity index (χ1v) is 8.36. The monoisotopic (exact) mass is 308 g/mol. The summed E-state index contributed by atoms with van der Waals surface area (Å²) >= 11 is 0. The molecule has 1 aliphatic rings. The normalized spacial score (nSPS) is 18.0. The van der Waals surface area contributed by atoms with E-state index in [1.165, 1.54) is 11.1 Å². The highest BCUT2D eigenvalue weighted by Crippen LogP contribution is 2.17. The van der Waals surface area contributed by atoms with Gasteiger partial charge in [-0.05, 0) is 23.5 Å². The molecule has 0 bridgehead atoms. The van der Waals surface area contributed by atoms with Crippen LogP contribution < -0.4 is 5.32 Å². The van der Waals surface area contributed by atoms with E-state index in [0.29, 0.717) is 12.3 Å². The molecule has 1 fully saturated rings. The molecule has 2 aromatic carbocycles. The lowest BCUT2D eigenvalue weighted by atomic mass is 9.98. The average Bonchev–Trinajstić information content (AvgIpc) is 2.59. The Morgan fingerprint density at radius 1 is 0.913 bits per heavy atom. The minimum atomic E-state index is 0.193. The summed E-state index contributed by atoms with van der Waals surface area (Å²) in [6.07, 6.45) is 1.65. The maximum Gasteiger partial charge on any atom is 0.220 e. The molecule has 0 aliphatic carbocycles. The molecule has 0 radical (unpaired) electrons. The predicted molar refractivity (Wildman–Crippen MR) is 92.7 cm³/mol. The number of carbonyl (C=O) groups is 1. The number of nitrogens with zero attached hydrogens (tertiary/aromatic N) is 1. The van der Waals surface area contributed by atoms with Crippen molar-refractivity contribution in [1.82, 2.24) is 10.2 Å². The van der Waals surface area contributed by atoms with Gasteiger partial charge in [0.15, 0.2) is 0 Å². The van der Waals surface area contributed by atoms with E-state index >= 15 is 0 Å². The van der Waals surface area contributed by atoms with Crippen molar-refractivity contribution in [3.8, 4) is 0 Å². The van der Waals surface area contributed by atoms with Crippen molar-refractivity contribution in [2.75, 3.05) is 13.1 Å². The molecule has 3 nitrogen and oxygen atoms in total. The summed E-state index contributed by atoms with van der Waals surface area (Å²) in [6, 6.07) is 21.2. The summed E-state index contributed by atoms with van der Waals surface area (Å²) < 4.78 is 0. The second kappa shape index (κ2) is 7.93. The molecular formula is C20H24N2O. The molecule has 1 heterocycles. The van der Waals surface area contributed by atoms with Crippen molar-refractivity contribution in [2.24, 2.45) is 5.92 Å². The third-order valence-corrected chi connectivity index (χ3v) is 4.38. The molecule has 0 spiro atoms. The standard InChI is InChI=1S/C20H24N2O/c23-20-12-11-19(13-21-20)16-22(14-17-7-3-1-4-8-17)15-18-9-5-2-6-10-18/h1-10,19H,11-16H2,(H,21,23)/t19-/m0/s1. The van der Waals surface area contributed by atoms with E-state index in [1.807, 2.05) is 0 Å². The maximum atomic E-state index is 11.4. The topological polar surface area (TPSA) is 32.3 Å². The van der Waals surface area contributed by atoms with Gasteiger partial charge in [-0.3, -0.25) is 9.69 Å². The van der Waals surface area contributed by atoms with E-state index < -0.39 is 0 Å². The van der Waals surface area contributed by atoms with Crippen molar-refractivity contribution >= 4 is 5.91 Å². The van der Waals surface area contributed by atoms with Crippen LogP contribution in [0.2, 0.25) is 0 Å². The second-order valence-electron chi connectivity index (χ2n) is 6.35. The van der Waals surface area contributed by atoms with Gasteiger partial charge in [-0.1, -0.05) is 60.7 Å². The Bertz CT molecular complexity index is 561. The van der Waals surface area contributed by atoms with Crippen molar-refractivity contribution in [3.63, 3.8) is 0 Å². The predicted octanol–water partition coefficient (Wildman–Crippen LogP) is 3.22. The zero-order chi connectivity index (χ0) is 15.9. The van der Waals surface area contributed by atoms with Gasteiger partial charge in [0, 0.05) is 32.6 Å². The number of rotatable bonds is 6. The third kappa shape index (κ3) is 4.93. The van der Waals surface area contributed by atoms with Crippen LogP contribution in [0.5, 0.6) is 0 Å². The Kier molecular flexibility index (Phi) is 5.43. The summed E-state index contributed by atoms with van der Waals surface area (Å²) in [7, 11) is 0. The number of benzene rings is 2. The average molecular weight is 308 g/mol. The summed E-state index contributed by atoms with van der Waals surface area (Å²) in [5.41, 5.74) is 2.67. The second-order valence-corrected chi connectivity index (χ2v) is 6.35. The maximum absolute atomic E-state index is 11.4. The largest absolute Gasteiger partial charge is 0.356 e. The molecule has 3 rings (SSSR count). The van der Waals surface area contributed by atoms with Crippen LogP contribution in [0.15, 0.2) is 60.7 Å². The van der Waals surface area contributed by atoms with Gasteiger partial charge < -0.3 is 5.32 Å². The summed E-state index contributed by atoms with van der Waals surface area (Å²) in [5, 5.41) is 3.00. The Morgan fingerprint density at radius 2 is 1.48 bits per heavy atom. The van der Waals surface area contributed by atoms with Gasteiger partial charge in [-0.25, -0.2) is 0 Å². The summed E-state index contributed by atoms with van der Waals surface area (Å²) in [6.45, 7) is 3.71. The van der Waals surface area contributed by atoms with Crippen molar-refractivity contribution in [1.29, 1.82) is 0 Å². The number of piperidine rings is 1. The number of hydrogen-bond acceptors (Lipinski definition) is 2. The van der Waals surface area contributed by atoms with Crippen LogP contribution in [0.3, 0.4) is 0 Å². The van der Waals surface area contributed by atoms with Crippen LogP contribution in [0, 0.1) is 5.92 Å². The highest BCUT2D eigenvalue weighted by Gasteiger charge is 2.20. The molecule has 1 saturated heterocycles. The smallest absolute Gasteiger partial charge is 0.220 e. The van der Waals surface area contributed by atoms with E-state index in [1.54, 1.807) is 0 Å². The quantitative estimate of drug-likeness (QED) is 0.888. The number of nitrogens with one attached hydrogen (secondary N) is 1. The van der Waals surface area contributed by atoms with Crippen LogP contribution in [-0.2, 0) is 17.9 Å². The van der Waals surface area contributed by atoms with Crippen LogP contribution >= 0.6 is 0 Å². The molecule has 2 aromatic rings. The van der Waals surface area contributed by atoms with Gasteiger partial charge in [0.05, 0.1) is 0 Å². The molecule has 1 aliphatic heterocycles. The van der Waals surface area contributed by atoms with Crippen molar-refractivity contribution in [2.45, 2.75) is 25.9 Å². The van der Waals surface area contributed by atoms with E-state index in [9.17, 15) is 4.79 Å².